The van der Waals surface area contributed by atoms with Gasteiger partial charge in [0.2, 0.25) is 0 Å². The molecular formula is C12H14F3N3O2. The summed E-state index contributed by atoms with van der Waals surface area (Å²) < 4.78 is 37.7. The van der Waals surface area contributed by atoms with E-state index in [1.165, 1.54) is 12.1 Å². The Morgan fingerprint density at radius 1 is 1.30 bits per heavy atom. The van der Waals surface area contributed by atoms with Crippen LogP contribution in [0.5, 0.6) is 0 Å². The van der Waals surface area contributed by atoms with Gasteiger partial charge in [-0.25, -0.2) is 0 Å². The lowest BCUT2D eigenvalue weighted by molar-refractivity contribution is -0.384. The first-order valence-corrected chi connectivity index (χ1v) is 6.16. The third kappa shape index (κ3) is 2.84. The lowest BCUT2D eigenvalue weighted by atomic mass is 10.1. The molecule has 2 N–H and O–H groups in total. The topological polar surface area (TPSA) is 72.4 Å². The summed E-state index contributed by atoms with van der Waals surface area (Å²) in [5.41, 5.74) is 4.81. The maximum absolute atomic E-state index is 12.6. The Labute approximate surface area is 113 Å². The van der Waals surface area contributed by atoms with E-state index >= 15 is 0 Å². The molecule has 1 saturated heterocycles. The molecule has 2 rings (SSSR count). The number of nitro benzene ring substituents is 1. The number of nitrogens with zero attached hydrogens (tertiary/aromatic N) is 2. The summed E-state index contributed by atoms with van der Waals surface area (Å²) in [6.45, 7) is 1.34. The summed E-state index contributed by atoms with van der Waals surface area (Å²) in [6.07, 6.45) is -2.79. The average Bonchev–Trinajstić information content (AvgIpc) is 2.89. The SMILES string of the molecule is N[C@@H](c1ccc(N2CCCC2)c([N+](=O)[O-])c1)C(F)(F)F. The number of nitrogens with two attached hydrogens (primary N) is 1. The predicted molar refractivity (Wildman–Crippen MR) is 67.5 cm³/mol. The summed E-state index contributed by atoms with van der Waals surface area (Å²) in [4.78, 5) is 12.2. The van der Waals surface area contributed by atoms with Crippen molar-refractivity contribution in [2.24, 2.45) is 5.73 Å². The third-order valence-corrected chi connectivity index (χ3v) is 3.35. The van der Waals surface area contributed by atoms with Crippen LogP contribution in [0.25, 0.3) is 0 Å². The van der Waals surface area contributed by atoms with Crippen molar-refractivity contribution in [1.29, 1.82) is 0 Å². The minimum Gasteiger partial charge on any atom is -0.366 e. The summed E-state index contributed by atoms with van der Waals surface area (Å²) in [5.74, 6) is 0. The zero-order chi connectivity index (χ0) is 14.9. The fourth-order valence-corrected chi connectivity index (χ4v) is 2.29. The molecule has 1 atom stereocenters. The maximum atomic E-state index is 12.6. The third-order valence-electron chi connectivity index (χ3n) is 3.35. The van der Waals surface area contributed by atoms with Crippen LogP contribution in [0.2, 0.25) is 0 Å². The molecule has 0 saturated carbocycles. The zero-order valence-electron chi connectivity index (χ0n) is 10.6. The van der Waals surface area contributed by atoms with Crippen molar-refractivity contribution in [3.05, 3.63) is 33.9 Å². The summed E-state index contributed by atoms with van der Waals surface area (Å²) in [6, 6.07) is 1.27. The van der Waals surface area contributed by atoms with Gasteiger partial charge in [0.1, 0.15) is 11.7 Å². The number of hydrogen-bond donors (Lipinski definition) is 1. The smallest absolute Gasteiger partial charge is 0.366 e. The summed E-state index contributed by atoms with van der Waals surface area (Å²) in [7, 11) is 0. The van der Waals surface area contributed by atoms with Crippen molar-refractivity contribution in [1.82, 2.24) is 0 Å². The fraction of sp³-hybridized carbons (Fsp3) is 0.500. The zero-order valence-corrected chi connectivity index (χ0v) is 10.6. The molecule has 1 aromatic carbocycles. The van der Waals surface area contributed by atoms with E-state index < -0.39 is 17.1 Å². The normalized spacial score (nSPS) is 17.3. The van der Waals surface area contributed by atoms with Gasteiger partial charge in [0.15, 0.2) is 0 Å². The molecule has 0 radical (unpaired) electrons. The van der Waals surface area contributed by atoms with E-state index in [0.29, 0.717) is 18.8 Å². The lowest BCUT2D eigenvalue weighted by Gasteiger charge is -2.20. The number of halogens is 3. The highest BCUT2D eigenvalue weighted by Crippen LogP contribution is 2.36. The number of alkyl halides is 3. The molecule has 110 valence electrons. The molecule has 0 amide bonds. The van der Waals surface area contributed by atoms with Crippen LogP contribution in [0.1, 0.15) is 24.4 Å². The van der Waals surface area contributed by atoms with Crippen LogP contribution in [0.4, 0.5) is 24.5 Å². The largest absolute Gasteiger partial charge is 0.407 e. The molecule has 8 heteroatoms. The predicted octanol–water partition coefficient (Wildman–Crippen LogP) is 2.76. The van der Waals surface area contributed by atoms with Gasteiger partial charge in [-0.05, 0) is 24.5 Å². The molecule has 1 aromatic rings. The van der Waals surface area contributed by atoms with Crippen LogP contribution in [0, 0.1) is 10.1 Å². The van der Waals surface area contributed by atoms with Gasteiger partial charge >= 0.3 is 6.18 Å². The molecule has 1 fully saturated rings. The molecule has 0 unspecified atom stereocenters. The van der Waals surface area contributed by atoms with Gasteiger partial charge in [0.05, 0.1) is 4.92 Å². The first-order chi connectivity index (χ1) is 9.30. The minimum absolute atomic E-state index is 0.299. The summed E-state index contributed by atoms with van der Waals surface area (Å²) in [5, 5.41) is 11.1. The quantitative estimate of drug-likeness (QED) is 0.686. The van der Waals surface area contributed by atoms with Gasteiger partial charge in [-0.2, -0.15) is 13.2 Å². The molecule has 1 aliphatic rings. The van der Waals surface area contributed by atoms with E-state index in [1.807, 2.05) is 0 Å². The standard InChI is InChI=1S/C12H14F3N3O2/c13-12(14,15)11(16)8-3-4-9(10(7-8)18(19)20)17-5-1-2-6-17/h3-4,7,11H,1-2,5-6,16H2/t11-/m0/s1. The second kappa shape index (κ2) is 5.28. The van der Waals surface area contributed by atoms with Gasteiger partial charge in [-0.15, -0.1) is 0 Å². The van der Waals surface area contributed by atoms with Crippen molar-refractivity contribution in [3.63, 3.8) is 0 Å². The molecule has 5 nitrogen and oxygen atoms in total. The second-order valence-corrected chi connectivity index (χ2v) is 4.72. The van der Waals surface area contributed by atoms with Gasteiger partial charge in [-0.1, -0.05) is 6.07 Å². The highest BCUT2D eigenvalue weighted by atomic mass is 19.4. The number of nitro groups is 1. The summed E-state index contributed by atoms with van der Waals surface area (Å²) >= 11 is 0. The number of anilines is 1. The van der Waals surface area contributed by atoms with Gasteiger partial charge in [0.25, 0.3) is 5.69 Å². The number of rotatable bonds is 3. The molecule has 1 heterocycles. The van der Waals surface area contributed by atoms with E-state index in [0.717, 1.165) is 18.9 Å². The van der Waals surface area contributed by atoms with Crippen molar-refractivity contribution in [3.8, 4) is 0 Å². The molecule has 0 aromatic heterocycles. The van der Waals surface area contributed by atoms with Gasteiger partial charge < -0.3 is 10.6 Å². The second-order valence-electron chi connectivity index (χ2n) is 4.72. The van der Waals surface area contributed by atoms with Crippen LogP contribution in [0.3, 0.4) is 0 Å². The van der Waals surface area contributed by atoms with Gasteiger partial charge in [0, 0.05) is 19.2 Å². The highest BCUT2D eigenvalue weighted by Gasteiger charge is 2.39. The Hall–Kier alpha value is -1.83. The minimum atomic E-state index is -4.62. The van der Waals surface area contributed by atoms with Crippen molar-refractivity contribution in [2.75, 3.05) is 18.0 Å². The van der Waals surface area contributed by atoms with E-state index in [4.69, 9.17) is 5.73 Å². The van der Waals surface area contributed by atoms with Crippen molar-refractivity contribution < 1.29 is 18.1 Å². The van der Waals surface area contributed by atoms with Crippen LogP contribution in [-0.4, -0.2) is 24.2 Å². The Balaban J connectivity index is 2.40. The maximum Gasteiger partial charge on any atom is 0.407 e. The monoisotopic (exact) mass is 289 g/mol. The molecular weight excluding hydrogens is 275 g/mol. The average molecular weight is 289 g/mol. The van der Waals surface area contributed by atoms with Crippen LogP contribution >= 0.6 is 0 Å². The molecule has 1 aliphatic heterocycles. The first kappa shape index (κ1) is 14.6. The van der Waals surface area contributed by atoms with Crippen LogP contribution < -0.4 is 10.6 Å². The van der Waals surface area contributed by atoms with Gasteiger partial charge in [-0.3, -0.25) is 10.1 Å². The Bertz CT molecular complexity index is 513. The Morgan fingerprint density at radius 3 is 2.40 bits per heavy atom. The lowest BCUT2D eigenvalue weighted by Crippen LogP contribution is -2.28. The molecule has 0 spiro atoms. The Morgan fingerprint density at radius 2 is 1.90 bits per heavy atom. The van der Waals surface area contributed by atoms with Crippen LogP contribution in [-0.2, 0) is 0 Å². The van der Waals surface area contributed by atoms with Crippen molar-refractivity contribution in [2.45, 2.75) is 25.1 Å². The van der Waals surface area contributed by atoms with E-state index in [-0.39, 0.29) is 11.3 Å². The molecule has 0 bridgehead atoms. The van der Waals surface area contributed by atoms with E-state index in [1.54, 1.807) is 4.90 Å². The van der Waals surface area contributed by atoms with Crippen LogP contribution in [0.15, 0.2) is 18.2 Å². The number of benzene rings is 1. The fourth-order valence-electron chi connectivity index (χ4n) is 2.29. The van der Waals surface area contributed by atoms with Crippen molar-refractivity contribution >= 4 is 11.4 Å². The highest BCUT2D eigenvalue weighted by molar-refractivity contribution is 5.65. The molecule has 20 heavy (non-hydrogen) atoms. The number of hydrogen-bond acceptors (Lipinski definition) is 4. The first-order valence-electron chi connectivity index (χ1n) is 6.16. The molecule has 0 aliphatic carbocycles. The van der Waals surface area contributed by atoms with E-state index in [9.17, 15) is 23.3 Å². The van der Waals surface area contributed by atoms with E-state index in [2.05, 4.69) is 0 Å². The Kier molecular flexibility index (Phi) is 3.85.